The fourth-order valence-electron chi connectivity index (χ4n) is 1.40. The second-order valence-corrected chi connectivity index (χ2v) is 4.82. The Morgan fingerprint density at radius 3 is 2.00 bits per heavy atom. The topological polar surface area (TPSA) is 29.1 Å². The zero-order valence-electron chi connectivity index (χ0n) is 11.0. The lowest BCUT2D eigenvalue weighted by molar-refractivity contribution is -0.113. The van der Waals surface area contributed by atoms with Gasteiger partial charge in [0.05, 0.1) is 0 Å². The van der Waals surface area contributed by atoms with Crippen LogP contribution in [-0.2, 0) is 4.79 Å². The van der Waals surface area contributed by atoms with Gasteiger partial charge in [0.15, 0.2) is 5.78 Å². The normalized spacial score (nSPS) is 14.9. The molecule has 0 aromatic heterocycles. The van der Waals surface area contributed by atoms with Crippen molar-refractivity contribution in [3.8, 4) is 0 Å². The number of carbonyl (C=O) groups is 1. The van der Waals surface area contributed by atoms with Crippen LogP contribution in [0.3, 0.4) is 0 Å². The smallest absolute Gasteiger partial charge is 0.157 e. The third-order valence-corrected chi connectivity index (χ3v) is 2.73. The quantitative estimate of drug-likeness (QED) is 0.683. The van der Waals surface area contributed by atoms with Gasteiger partial charge in [-0.25, -0.2) is 0 Å². The summed E-state index contributed by atoms with van der Waals surface area (Å²) in [5.41, 5.74) is 1.85. The highest BCUT2D eigenvalue weighted by atomic mass is 16.1. The molecular formula is C13H25NO. The number of nitrogens with one attached hydrogen (secondary N) is 1. The summed E-state index contributed by atoms with van der Waals surface area (Å²) in [6.07, 6.45) is 2.38. The van der Waals surface area contributed by atoms with E-state index in [0.717, 1.165) is 23.6 Å². The zero-order valence-corrected chi connectivity index (χ0v) is 11.0. The van der Waals surface area contributed by atoms with Crippen LogP contribution in [-0.4, -0.2) is 11.8 Å². The van der Waals surface area contributed by atoms with Crippen LogP contribution in [0, 0.1) is 5.92 Å². The van der Waals surface area contributed by atoms with E-state index in [-0.39, 0.29) is 5.78 Å². The van der Waals surface area contributed by atoms with E-state index < -0.39 is 0 Å². The molecule has 0 aromatic rings. The van der Waals surface area contributed by atoms with Crippen molar-refractivity contribution in [3.63, 3.8) is 0 Å². The van der Waals surface area contributed by atoms with Crippen molar-refractivity contribution in [2.75, 3.05) is 0 Å². The van der Waals surface area contributed by atoms with Gasteiger partial charge in [-0.15, -0.1) is 0 Å². The van der Waals surface area contributed by atoms with Gasteiger partial charge in [-0.2, -0.15) is 0 Å². The Bertz CT molecular complexity index is 241. The van der Waals surface area contributed by atoms with Gasteiger partial charge in [-0.05, 0) is 46.5 Å². The predicted molar refractivity (Wildman–Crippen MR) is 65.7 cm³/mol. The molecule has 0 fully saturated rings. The summed E-state index contributed by atoms with van der Waals surface area (Å²) in [7, 11) is 0. The van der Waals surface area contributed by atoms with Crippen LogP contribution < -0.4 is 5.32 Å². The Morgan fingerprint density at radius 1 is 1.07 bits per heavy atom. The van der Waals surface area contributed by atoms with Crippen molar-refractivity contribution in [3.05, 3.63) is 11.3 Å². The van der Waals surface area contributed by atoms with E-state index in [1.54, 1.807) is 6.92 Å². The molecule has 15 heavy (non-hydrogen) atoms. The summed E-state index contributed by atoms with van der Waals surface area (Å²) in [4.78, 5) is 11.1. The minimum atomic E-state index is 0.149. The zero-order chi connectivity index (χ0) is 12.0. The maximum atomic E-state index is 11.1. The monoisotopic (exact) mass is 211 g/mol. The second-order valence-electron chi connectivity index (χ2n) is 4.82. The molecule has 88 valence electrons. The van der Waals surface area contributed by atoms with Gasteiger partial charge in [0.1, 0.15) is 0 Å². The van der Waals surface area contributed by atoms with E-state index in [1.165, 1.54) is 6.42 Å². The largest absolute Gasteiger partial charge is 0.386 e. The summed E-state index contributed by atoms with van der Waals surface area (Å²) >= 11 is 0. The van der Waals surface area contributed by atoms with Crippen LogP contribution in [0.15, 0.2) is 11.3 Å². The molecule has 0 heterocycles. The molecule has 1 atom stereocenters. The summed E-state index contributed by atoms with van der Waals surface area (Å²) in [5, 5.41) is 3.38. The van der Waals surface area contributed by atoms with Crippen LogP contribution in [0.2, 0.25) is 0 Å². The number of allylic oxidation sites excluding steroid dienone is 2. The van der Waals surface area contributed by atoms with Crippen LogP contribution >= 0.6 is 0 Å². The van der Waals surface area contributed by atoms with E-state index in [9.17, 15) is 4.79 Å². The maximum Gasteiger partial charge on any atom is 0.157 e. The molecular weight excluding hydrogens is 186 g/mol. The highest BCUT2D eigenvalue weighted by Gasteiger charge is 2.06. The predicted octanol–water partition coefficient (Wildman–Crippen LogP) is 3.28. The summed E-state index contributed by atoms with van der Waals surface area (Å²) in [6, 6.07) is 0.446. The van der Waals surface area contributed by atoms with Crippen molar-refractivity contribution >= 4 is 5.78 Å². The van der Waals surface area contributed by atoms with Gasteiger partial charge in [-0.3, -0.25) is 4.79 Å². The Labute approximate surface area is 94.1 Å². The fraction of sp³-hybridized carbons (Fsp3) is 0.769. The average molecular weight is 211 g/mol. The molecule has 0 saturated heterocycles. The average Bonchev–Trinajstić information content (AvgIpc) is 2.13. The molecule has 0 spiro atoms. The number of hydrogen-bond donors (Lipinski definition) is 1. The summed E-state index contributed by atoms with van der Waals surface area (Å²) in [6.45, 7) is 12.1. The molecule has 0 aliphatic rings. The summed E-state index contributed by atoms with van der Waals surface area (Å²) < 4.78 is 0. The molecule has 2 heteroatoms. The number of Topliss-reactive ketones (excluding diaryl/α,β-unsaturated/α-hetero) is 1. The highest BCUT2D eigenvalue weighted by molar-refractivity contribution is 5.93. The third-order valence-electron chi connectivity index (χ3n) is 2.73. The lowest BCUT2D eigenvalue weighted by atomic mass is 10.0. The maximum absolute atomic E-state index is 11.1. The fourth-order valence-corrected chi connectivity index (χ4v) is 1.40. The Hall–Kier alpha value is -0.790. The molecule has 0 saturated carbocycles. The van der Waals surface area contributed by atoms with E-state index in [4.69, 9.17) is 0 Å². The van der Waals surface area contributed by atoms with Crippen LogP contribution in [0.4, 0.5) is 0 Å². The Balaban J connectivity index is 4.12. The van der Waals surface area contributed by atoms with Gasteiger partial charge in [0.2, 0.25) is 0 Å². The van der Waals surface area contributed by atoms with Crippen LogP contribution in [0.5, 0.6) is 0 Å². The minimum absolute atomic E-state index is 0.149. The van der Waals surface area contributed by atoms with Crippen molar-refractivity contribution < 1.29 is 4.79 Å². The van der Waals surface area contributed by atoms with Crippen molar-refractivity contribution in [2.24, 2.45) is 5.92 Å². The molecule has 0 bridgehead atoms. The van der Waals surface area contributed by atoms with Crippen molar-refractivity contribution in [2.45, 2.75) is 60.4 Å². The Morgan fingerprint density at radius 2 is 1.60 bits per heavy atom. The molecule has 0 radical (unpaired) electrons. The third kappa shape index (κ3) is 6.32. The van der Waals surface area contributed by atoms with E-state index in [2.05, 4.69) is 26.1 Å². The first-order valence-corrected chi connectivity index (χ1v) is 5.79. The number of carbonyl (C=O) groups excluding carboxylic acids is 1. The van der Waals surface area contributed by atoms with E-state index in [1.807, 2.05) is 13.8 Å². The molecule has 0 unspecified atom stereocenters. The number of rotatable bonds is 6. The van der Waals surface area contributed by atoms with Crippen molar-refractivity contribution in [1.29, 1.82) is 0 Å². The highest BCUT2D eigenvalue weighted by Crippen LogP contribution is 2.09. The van der Waals surface area contributed by atoms with Crippen LogP contribution in [0.25, 0.3) is 0 Å². The minimum Gasteiger partial charge on any atom is -0.386 e. The standard InChI is InChI=1S/C13H25NO/c1-9(2)7-8-10(3)14-12(5)11(4)13(6)15/h9-10,14H,7-8H2,1-6H3/b12-11-/t10-/m1/s1. The number of ketones is 1. The first kappa shape index (κ1) is 14.2. The lowest BCUT2D eigenvalue weighted by Crippen LogP contribution is -2.26. The van der Waals surface area contributed by atoms with Gasteiger partial charge in [0.25, 0.3) is 0 Å². The van der Waals surface area contributed by atoms with Gasteiger partial charge >= 0.3 is 0 Å². The first-order valence-electron chi connectivity index (χ1n) is 5.79. The molecule has 0 amide bonds. The van der Waals surface area contributed by atoms with E-state index in [0.29, 0.717) is 6.04 Å². The van der Waals surface area contributed by atoms with E-state index >= 15 is 0 Å². The summed E-state index contributed by atoms with van der Waals surface area (Å²) in [5.74, 6) is 0.892. The lowest BCUT2D eigenvalue weighted by Gasteiger charge is -2.18. The Kier molecular flexibility index (Phi) is 6.30. The molecule has 2 nitrogen and oxygen atoms in total. The first-order chi connectivity index (χ1) is 6.84. The SMILES string of the molecule is CC(=O)/C(C)=C(/C)N[C@H](C)CCC(C)C. The molecule has 0 aromatic carbocycles. The molecule has 0 aliphatic carbocycles. The van der Waals surface area contributed by atoms with Crippen molar-refractivity contribution in [1.82, 2.24) is 5.32 Å². The van der Waals surface area contributed by atoms with Gasteiger partial charge in [-0.1, -0.05) is 13.8 Å². The molecule has 0 aliphatic heterocycles. The van der Waals surface area contributed by atoms with Gasteiger partial charge in [0, 0.05) is 17.3 Å². The number of hydrogen-bond acceptors (Lipinski definition) is 2. The van der Waals surface area contributed by atoms with Crippen LogP contribution in [0.1, 0.15) is 54.4 Å². The molecule has 1 N–H and O–H groups in total. The van der Waals surface area contributed by atoms with Gasteiger partial charge < -0.3 is 5.32 Å². The molecule has 0 rings (SSSR count). The second kappa shape index (κ2) is 6.65.